The number of piperidine rings is 1. The zero-order valence-corrected chi connectivity index (χ0v) is 16.1. The van der Waals surface area contributed by atoms with Gasteiger partial charge in [0, 0.05) is 23.5 Å². The first kappa shape index (κ1) is 18.5. The van der Waals surface area contributed by atoms with Crippen LogP contribution in [0.25, 0.3) is 0 Å². The second-order valence-corrected chi connectivity index (χ2v) is 8.21. The first-order chi connectivity index (χ1) is 11.9. The van der Waals surface area contributed by atoms with E-state index < -0.39 is 0 Å². The number of benzene rings is 1. The second kappa shape index (κ2) is 7.50. The molecule has 3 N–H and O–H groups in total. The fourth-order valence-corrected chi connectivity index (χ4v) is 3.99. The lowest BCUT2D eigenvalue weighted by atomic mass is 9.91. The number of hydrogen-bond donors (Lipinski definition) is 2. The molecule has 1 aromatic heterocycles. The number of aromatic nitrogens is 2. The lowest BCUT2D eigenvalue weighted by Crippen LogP contribution is -2.48. The predicted octanol–water partition coefficient (Wildman–Crippen LogP) is 3.40. The molecule has 1 aromatic carbocycles. The van der Waals surface area contributed by atoms with Crippen molar-refractivity contribution < 1.29 is 5.11 Å². The minimum absolute atomic E-state index is 0.124. The topological polar surface area (TPSA) is 75.3 Å². The molecule has 0 aliphatic carbocycles. The average Bonchev–Trinajstić information content (AvgIpc) is 2.59. The summed E-state index contributed by atoms with van der Waals surface area (Å²) < 4.78 is 0. The standard InChI is InChI=1S/C18H23ClN4OS/c1-12-4-3-5-14(16(12)19)25-15-10-21-17(13(11-24)22-15)23-8-6-18(2,20)7-9-23/h3-5,10,24H,6-9,11,20H2,1-2H3. The molecule has 0 bridgehead atoms. The Kier molecular flexibility index (Phi) is 5.53. The van der Waals surface area contributed by atoms with Gasteiger partial charge < -0.3 is 15.7 Å². The van der Waals surface area contributed by atoms with Gasteiger partial charge in [-0.2, -0.15) is 0 Å². The summed E-state index contributed by atoms with van der Waals surface area (Å²) in [7, 11) is 0. The molecule has 0 atom stereocenters. The maximum absolute atomic E-state index is 9.75. The van der Waals surface area contributed by atoms with Crippen LogP contribution >= 0.6 is 23.4 Å². The van der Waals surface area contributed by atoms with Crippen LogP contribution in [0.5, 0.6) is 0 Å². The van der Waals surface area contributed by atoms with Crippen molar-refractivity contribution in [2.45, 2.75) is 48.8 Å². The molecule has 25 heavy (non-hydrogen) atoms. The molecule has 134 valence electrons. The van der Waals surface area contributed by atoms with Crippen LogP contribution in [0, 0.1) is 6.92 Å². The van der Waals surface area contributed by atoms with Crippen LogP contribution in [0.15, 0.2) is 34.3 Å². The lowest BCUT2D eigenvalue weighted by Gasteiger charge is -2.37. The first-order valence-electron chi connectivity index (χ1n) is 8.33. The van der Waals surface area contributed by atoms with Gasteiger partial charge in [-0.3, -0.25) is 0 Å². The van der Waals surface area contributed by atoms with Crippen molar-refractivity contribution in [2.75, 3.05) is 18.0 Å². The highest BCUT2D eigenvalue weighted by Gasteiger charge is 2.28. The van der Waals surface area contributed by atoms with E-state index in [0.717, 1.165) is 52.3 Å². The highest BCUT2D eigenvalue weighted by atomic mass is 35.5. The van der Waals surface area contributed by atoms with Gasteiger partial charge in [0.05, 0.1) is 17.8 Å². The predicted molar refractivity (Wildman–Crippen MR) is 102 cm³/mol. The summed E-state index contributed by atoms with van der Waals surface area (Å²) in [5, 5.41) is 11.2. The maximum atomic E-state index is 9.75. The van der Waals surface area contributed by atoms with Gasteiger partial charge in [0.1, 0.15) is 10.7 Å². The maximum Gasteiger partial charge on any atom is 0.152 e. The summed E-state index contributed by atoms with van der Waals surface area (Å²) in [6.07, 6.45) is 3.54. The van der Waals surface area contributed by atoms with Gasteiger partial charge in [-0.05, 0) is 38.3 Å². The van der Waals surface area contributed by atoms with Crippen molar-refractivity contribution in [3.63, 3.8) is 0 Å². The summed E-state index contributed by atoms with van der Waals surface area (Å²) in [5.41, 5.74) is 7.69. The molecule has 0 spiro atoms. The molecule has 3 rings (SSSR count). The Hall–Kier alpha value is -1.34. The van der Waals surface area contributed by atoms with Crippen LogP contribution in [-0.4, -0.2) is 33.7 Å². The van der Waals surface area contributed by atoms with Crippen molar-refractivity contribution in [3.05, 3.63) is 40.7 Å². The zero-order chi connectivity index (χ0) is 18.0. The highest BCUT2D eigenvalue weighted by Crippen LogP contribution is 2.35. The van der Waals surface area contributed by atoms with Crippen LogP contribution in [0.3, 0.4) is 0 Å². The molecule has 1 aliphatic rings. The van der Waals surface area contributed by atoms with E-state index in [2.05, 4.69) is 21.8 Å². The summed E-state index contributed by atoms with van der Waals surface area (Å²) in [6, 6.07) is 5.90. The van der Waals surface area contributed by atoms with Crippen molar-refractivity contribution in [2.24, 2.45) is 5.73 Å². The summed E-state index contributed by atoms with van der Waals surface area (Å²) in [6.45, 7) is 5.56. The number of aryl methyl sites for hydroxylation is 1. The van der Waals surface area contributed by atoms with E-state index in [1.165, 1.54) is 11.8 Å². The molecule has 2 aromatic rings. The van der Waals surface area contributed by atoms with Gasteiger partial charge in [0.2, 0.25) is 0 Å². The average molecular weight is 379 g/mol. The monoisotopic (exact) mass is 378 g/mol. The largest absolute Gasteiger partial charge is 0.390 e. The zero-order valence-electron chi connectivity index (χ0n) is 14.5. The van der Waals surface area contributed by atoms with Gasteiger partial charge in [0.15, 0.2) is 5.82 Å². The smallest absolute Gasteiger partial charge is 0.152 e. The van der Waals surface area contributed by atoms with Crippen LogP contribution < -0.4 is 10.6 Å². The quantitative estimate of drug-likeness (QED) is 0.849. The van der Waals surface area contributed by atoms with Crippen LogP contribution in [0.2, 0.25) is 5.02 Å². The van der Waals surface area contributed by atoms with Crippen molar-refractivity contribution in [1.29, 1.82) is 0 Å². The third kappa shape index (κ3) is 4.26. The van der Waals surface area contributed by atoms with E-state index in [1.54, 1.807) is 6.20 Å². The summed E-state index contributed by atoms with van der Waals surface area (Å²) in [4.78, 5) is 12.2. The number of aliphatic hydroxyl groups is 1. The van der Waals surface area contributed by atoms with E-state index in [4.69, 9.17) is 17.3 Å². The van der Waals surface area contributed by atoms with E-state index in [1.807, 2.05) is 25.1 Å². The Bertz CT molecular complexity index is 759. The highest BCUT2D eigenvalue weighted by molar-refractivity contribution is 7.99. The number of hydrogen-bond acceptors (Lipinski definition) is 6. The van der Waals surface area contributed by atoms with E-state index in [-0.39, 0.29) is 12.1 Å². The number of aliphatic hydroxyl groups excluding tert-OH is 1. The van der Waals surface area contributed by atoms with E-state index in [0.29, 0.717) is 5.69 Å². The van der Waals surface area contributed by atoms with Crippen LogP contribution in [-0.2, 0) is 6.61 Å². The first-order valence-corrected chi connectivity index (χ1v) is 9.53. The Morgan fingerprint density at radius 1 is 1.36 bits per heavy atom. The van der Waals surface area contributed by atoms with Crippen molar-refractivity contribution in [3.8, 4) is 0 Å². The van der Waals surface area contributed by atoms with E-state index in [9.17, 15) is 5.11 Å². The Balaban J connectivity index is 1.81. The van der Waals surface area contributed by atoms with Crippen LogP contribution in [0.4, 0.5) is 5.82 Å². The molecule has 5 nitrogen and oxygen atoms in total. The van der Waals surface area contributed by atoms with E-state index >= 15 is 0 Å². The third-order valence-electron chi connectivity index (χ3n) is 4.53. The second-order valence-electron chi connectivity index (χ2n) is 6.77. The SMILES string of the molecule is Cc1cccc(Sc2cnc(N3CCC(C)(N)CC3)c(CO)n2)c1Cl. The normalized spacial score (nSPS) is 16.9. The summed E-state index contributed by atoms with van der Waals surface area (Å²) >= 11 is 7.82. The molecule has 1 aliphatic heterocycles. The molecule has 7 heteroatoms. The molecule has 1 fully saturated rings. The van der Waals surface area contributed by atoms with Crippen LogP contribution in [0.1, 0.15) is 31.0 Å². The number of nitrogens with two attached hydrogens (primary N) is 1. The lowest BCUT2D eigenvalue weighted by molar-refractivity contribution is 0.274. The molecule has 0 amide bonds. The van der Waals surface area contributed by atoms with Gasteiger partial charge in [-0.1, -0.05) is 35.5 Å². The molecule has 0 radical (unpaired) electrons. The fraction of sp³-hybridized carbons (Fsp3) is 0.444. The molecule has 1 saturated heterocycles. The number of nitrogens with zero attached hydrogens (tertiary/aromatic N) is 3. The van der Waals surface area contributed by atoms with Crippen molar-refractivity contribution >= 4 is 29.2 Å². The molecule has 0 unspecified atom stereocenters. The number of halogens is 1. The molecular formula is C18H23ClN4OS. The fourth-order valence-electron chi connectivity index (χ4n) is 2.86. The van der Waals surface area contributed by atoms with Gasteiger partial charge in [-0.25, -0.2) is 9.97 Å². The Labute approximate surface area is 157 Å². The minimum Gasteiger partial charge on any atom is -0.390 e. The van der Waals surface area contributed by atoms with Gasteiger partial charge >= 0.3 is 0 Å². The Morgan fingerprint density at radius 3 is 2.76 bits per heavy atom. The van der Waals surface area contributed by atoms with Gasteiger partial charge in [0.25, 0.3) is 0 Å². The minimum atomic E-state index is -0.144. The number of anilines is 1. The summed E-state index contributed by atoms with van der Waals surface area (Å²) in [5.74, 6) is 0.748. The number of rotatable bonds is 4. The molecule has 2 heterocycles. The van der Waals surface area contributed by atoms with Gasteiger partial charge in [-0.15, -0.1) is 0 Å². The molecular weight excluding hydrogens is 356 g/mol. The third-order valence-corrected chi connectivity index (χ3v) is 6.11. The molecule has 0 saturated carbocycles. The van der Waals surface area contributed by atoms with Crippen molar-refractivity contribution in [1.82, 2.24) is 9.97 Å². The Morgan fingerprint density at radius 2 is 2.08 bits per heavy atom.